The van der Waals surface area contributed by atoms with Crippen molar-refractivity contribution >= 4 is 23.2 Å². The van der Waals surface area contributed by atoms with Crippen LogP contribution in [0.1, 0.15) is 16.8 Å². The van der Waals surface area contributed by atoms with Gasteiger partial charge < -0.3 is 24.3 Å². The molecule has 1 amide bonds. The average molecular weight is 371 g/mol. The number of hydrazine groups is 1. The van der Waals surface area contributed by atoms with Crippen LogP contribution in [-0.4, -0.2) is 64.7 Å². The van der Waals surface area contributed by atoms with Crippen molar-refractivity contribution in [2.45, 2.75) is 6.42 Å². The van der Waals surface area contributed by atoms with Gasteiger partial charge in [-0.3, -0.25) is 15.2 Å². The Hall–Kier alpha value is -2.26. The van der Waals surface area contributed by atoms with E-state index in [4.69, 9.17) is 31.2 Å². The molecule has 1 aromatic carbocycles. The smallest absolute Gasteiger partial charge is 0.273 e. The summed E-state index contributed by atoms with van der Waals surface area (Å²) in [6.45, 7) is 1.28. The van der Waals surface area contributed by atoms with Gasteiger partial charge in [0, 0.05) is 27.3 Å². The van der Waals surface area contributed by atoms with E-state index < -0.39 is 0 Å². The largest absolute Gasteiger partial charge is 0.493 e. The molecule has 0 aliphatic heterocycles. The minimum Gasteiger partial charge on any atom is -0.493 e. The number of nitrogens with zero attached hydrogens (tertiary/aromatic N) is 1. The summed E-state index contributed by atoms with van der Waals surface area (Å²) >= 11 is 5.23. The minimum atomic E-state index is -0.388. The third kappa shape index (κ3) is 5.64. The lowest BCUT2D eigenvalue weighted by Crippen LogP contribution is -2.48. The Labute approximate surface area is 153 Å². The molecule has 140 valence electrons. The van der Waals surface area contributed by atoms with E-state index in [1.54, 1.807) is 26.3 Å². The van der Waals surface area contributed by atoms with E-state index in [-0.39, 0.29) is 11.7 Å². The van der Waals surface area contributed by atoms with Crippen LogP contribution < -0.4 is 25.0 Å². The summed E-state index contributed by atoms with van der Waals surface area (Å²) < 4.78 is 20.8. The fraction of sp³-hybridized carbons (Fsp3) is 0.500. The standard InChI is InChI=1S/C16H25N3O5S/c1-19(16(25)17-9-6-10-21-2)18-15(20)11-7-8-12(22-3)14(24-5)13(11)23-4/h7-8H,6,9-10H2,1-5H3,(H,17,25)(H,18,20). The van der Waals surface area contributed by atoms with Crippen LogP contribution in [-0.2, 0) is 4.74 Å². The third-order valence-corrected chi connectivity index (χ3v) is 3.74. The number of hydrogen-bond donors (Lipinski definition) is 2. The van der Waals surface area contributed by atoms with Crippen molar-refractivity contribution in [3.05, 3.63) is 17.7 Å². The summed E-state index contributed by atoms with van der Waals surface area (Å²) in [5.74, 6) is 0.716. The molecule has 0 atom stereocenters. The Balaban J connectivity index is 2.81. The van der Waals surface area contributed by atoms with Crippen molar-refractivity contribution in [2.75, 3.05) is 48.6 Å². The second-order valence-electron chi connectivity index (χ2n) is 4.96. The zero-order valence-electron chi connectivity index (χ0n) is 15.2. The lowest BCUT2D eigenvalue weighted by Gasteiger charge is -2.22. The molecule has 25 heavy (non-hydrogen) atoms. The van der Waals surface area contributed by atoms with Gasteiger partial charge in [0.25, 0.3) is 5.91 Å². The first-order chi connectivity index (χ1) is 12.0. The van der Waals surface area contributed by atoms with E-state index in [0.717, 1.165) is 6.42 Å². The molecule has 0 saturated heterocycles. The Kier molecular flexibility index (Phi) is 8.79. The summed E-state index contributed by atoms with van der Waals surface area (Å²) in [5, 5.41) is 4.85. The number of carbonyl (C=O) groups excluding carboxylic acids is 1. The third-order valence-electron chi connectivity index (χ3n) is 3.32. The molecule has 2 N–H and O–H groups in total. The van der Waals surface area contributed by atoms with Gasteiger partial charge in [0.1, 0.15) is 0 Å². The zero-order chi connectivity index (χ0) is 18.8. The molecule has 0 fully saturated rings. The van der Waals surface area contributed by atoms with Crippen molar-refractivity contribution in [3.8, 4) is 17.2 Å². The number of nitrogens with one attached hydrogen (secondary N) is 2. The summed E-state index contributed by atoms with van der Waals surface area (Å²) in [4.78, 5) is 12.5. The van der Waals surface area contributed by atoms with Gasteiger partial charge in [0.05, 0.1) is 26.9 Å². The Bertz CT molecular complexity index is 597. The van der Waals surface area contributed by atoms with Crippen molar-refractivity contribution in [2.24, 2.45) is 0 Å². The number of methoxy groups -OCH3 is 4. The van der Waals surface area contributed by atoms with E-state index >= 15 is 0 Å². The molecule has 9 heteroatoms. The van der Waals surface area contributed by atoms with Gasteiger partial charge in [0.2, 0.25) is 5.75 Å². The molecule has 0 aliphatic carbocycles. The summed E-state index contributed by atoms with van der Waals surface area (Å²) in [6, 6.07) is 3.23. The lowest BCUT2D eigenvalue weighted by molar-refractivity contribution is 0.0882. The van der Waals surface area contributed by atoms with Crippen molar-refractivity contribution in [3.63, 3.8) is 0 Å². The van der Waals surface area contributed by atoms with Crippen LogP contribution in [0.5, 0.6) is 17.2 Å². The maximum Gasteiger partial charge on any atom is 0.273 e. The van der Waals surface area contributed by atoms with Crippen molar-refractivity contribution in [1.29, 1.82) is 0 Å². The molecular formula is C16H25N3O5S. The SMILES string of the molecule is COCCCNC(=S)N(C)NC(=O)c1ccc(OC)c(OC)c1OC. The van der Waals surface area contributed by atoms with E-state index in [1.165, 1.54) is 26.3 Å². The number of rotatable bonds is 8. The number of benzene rings is 1. The second-order valence-corrected chi connectivity index (χ2v) is 5.35. The molecule has 0 aromatic heterocycles. The molecule has 0 bridgehead atoms. The van der Waals surface area contributed by atoms with Crippen LogP contribution in [0.25, 0.3) is 0 Å². The molecule has 0 radical (unpaired) electrons. The first kappa shape index (κ1) is 20.8. The monoisotopic (exact) mass is 371 g/mol. The van der Waals surface area contributed by atoms with E-state index in [9.17, 15) is 4.79 Å². The predicted molar refractivity (Wildman–Crippen MR) is 98.4 cm³/mol. The summed E-state index contributed by atoms with van der Waals surface area (Å²) in [6.07, 6.45) is 0.807. The molecule has 1 rings (SSSR count). The van der Waals surface area contributed by atoms with Gasteiger partial charge in [-0.15, -0.1) is 0 Å². The number of amides is 1. The number of hydrogen-bond acceptors (Lipinski definition) is 6. The van der Waals surface area contributed by atoms with Gasteiger partial charge in [-0.1, -0.05) is 0 Å². The highest BCUT2D eigenvalue weighted by Crippen LogP contribution is 2.39. The molecule has 1 aromatic rings. The predicted octanol–water partition coefficient (Wildman–Crippen LogP) is 1.20. The zero-order valence-corrected chi connectivity index (χ0v) is 16.0. The summed E-state index contributed by atoms with van der Waals surface area (Å²) in [5.41, 5.74) is 2.98. The van der Waals surface area contributed by atoms with Gasteiger partial charge >= 0.3 is 0 Å². The van der Waals surface area contributed by atoms with Crippen LogP contribution >= 0.6 is 12.2 Å². The van der Waals surface area contributed by atoms with Crippen LogP contribution in [0.3, 0.4) is 0 Å². The van der Waals surface area contributed by atoms with Crippen LogP contribution in [0.2, 0.25) is 0 Å². The van der Waals surface area contributed by atoms with Gasteiger partial charge in [-0.05, 0) is 30.8 Å². The minimum absolute atomic E-state index is 0.284. The van der Waals surface area contributed by atoms with Crippen LogP contribution in [0.15, 0.2) is 12.1 Å². The number of ether oxygens (including phenoxy) is 4. The lowest BCUT2D eigenvalue weighted by atomic mass is 10.1. The highest BCUT2D eigenvalue weighted by molar-refractivity contribution is 7.80. The van der Waals surface area contributed by atoms with Crippen LogP contribution in [0.4, 0.5) is 0 Å². The molecule has 0 spiro atoms. The maximum absolute atomic E-state index is 12.5. The highest BCUT2D eigenvalue weighted by Gasteiger charge is 2.21. The van der Waals surface area contributed by atoms with E-state index in [0.29, 0.717) is 35.3 Å². The first-order valence-electron chi connectivity index (χ1n) is 7.60. The van der Waals surface area contributed by atoms with Gasteiger partial charge in [-0.25, -0.2) is 0 Å². The number of carbonyl (C=O) groups is 1. The molecule has 0 unspecified atom stereocenters. The molecule has 0 saturated carbocycles. The highest BCUT2D eigenvalue weighted by atomic mass is 32.1. The second kappa shape index (κ2) is 10.6. The maximum atomic E-state index is 12.5. The fourth-order valence-corrected chi connectivity index (χ4v) is 2.22. The Morgan fingerprint density at radius 2 is 1.80 bits per heavy atom. The van der Waals surface area contributed by atoms with Gasteiger partial charge in [0.15, 0.2) is 16.6 Å². The number of thiocarbonyl (C=S) groups is 1. The molecule has 8 nitrogen and oxygen atoms in total. The van der Waals surface area contributed by atoms with Gasteiger partial charge in [-0.2, -0.15) is 0 Å². The van der Waals surface area contributed by atoms with Crippen LogP contribution in [0, 0.1) is 0 Å². The topological polar surface area (TPSA) is 81.3 Å². The first-order valence-corrected chi connectivity index (χ1v) is 8.01. The normalized spacial score (nSPS) is 9.96. The van der Waals surface area contributed by atoms with Crippen molar-refractivity contribution in [1.82, 2.24) is 15.8 Å². The van der Waals surface area contributed by atoms with Crippen molar-refractivity contribution < 1.29 is 23.7 Å². The summed E-state index contributed by atoms with van der Waals surface area (Å²) in [7, 11) is 7.74. The quantitative estimate of drug-likeness (QED) is 0.401. The Morgan fingerprint density at radius 3 is 2.36 bits per heavy atom. The fourth-order valence-electron chi connectivity index (χ4n) is 2.07. The molecule has 0 heterocycles. The molecular weight excluding hydrogens is 346 g/mol. The van der Waals surface area contributed by atoms with E-state index in [2.05, 4.69) is 10.7 Å². The molecule has 0 aliphatic rings. The van der Waals surface area contributed by atoms with E-state index in [1.807, 2.05) is 0 Å². The average Bonchev–Trinajstić information content (AvgIpc) is 2.63. The Morgan fingerprint density at radius 1 is 1.12 bits per heavy atom.